The largest absolute Gasteiger partial charge is 0.508 e. The van der Waals surface area contributed by atoms with Crippen molar-refractivity contribution in [2.45, 2.75) is 6.61 Å². The highest BCUT2D eigenvalue weighted by Crippen LogP contribution is 2.25. The molecule has 7 heteroatoms. The second-order valence-corrected chi connectivity index (χ2v) is 7.88. The molecular weight excluding hydrogens is 426 g/mol. The lowest BCUT2D eigenvalue weighted by Gasteiger charge is -2.35. The number of nitrogens with two attached hydrogens (primary N) is 1. The number of nitrogens with zero attached hydrogens (tertiary/aromatic N) is 2. The SMILES string of the molecule is NC=O.Oc1ccc(-c2ccc(N3CCN(COCc4ccc(Cl)cc4)CC3)cc2)cc1. The molecule has 0 radical (unpaired) electrons. The second kappa shape index (κ2) is 12.1. The van der Waals surface area contributed by atoms with Crippen LogP contribution in [0.5, 0.6) is 5.75 Å². The molecule has 1 amide bonds. The zero-order valence-corrected chi connectivity index (χ0v) is 18.6. The first-order chi connectivity index (χ1) is 15.6. The maximum Gasteiger partial charge on any atom is 0.204 e. The minimum Gasteiger partial charge on any atom is -0.508 e. The van der Waals surface area contributed by atoms with Crippen LogP contribution in [-0.2, 0) is 16.1 Å². The lowest BCUT2D eigenvalue weighted by atomic mass is 10.0. The Morgan fingerprint density at radius 1 is 0.875 bits per heavy atom. The molecule has 0 bridgehead atoms. The summed E-state index contributed by atoms with van der Waals surface area (Å²) in [4.78, 5) is 13.3. The van der Waals surface area contributed by atoms with Gasteiger partial charge in [0.15, 0.2) is 0 Å². The first kappa shape index (κ1) is 23.6. The normalized spacial score (nSPS) is 13.8. The molecule has 3 N–H and O–H groups in total. The number of primary amides is 1. The van der Waals surface area contributed by atoms with Gasteiger partial charge in [0.05, 0.1) is 13.3 Å². The molecule has 0 atom stereocenters. The van der Waals surface area contributed by atoms with Crippen LogP contribution in [0.2, 0.25) is 5.02 Å². The number of anilines is 1. The number of rotatable bonds is 6. The lowest BCUT2D eigenvalue weighted by Crippen LogP contribution is -2.47. The van der Waals surface area contributed by atoms with E-state index in [0.717, 1.165) is 47.9 Å². The van der Waals surface area contributed by atoms with Crippen LogP contribution >= 0.6 is 11.6 Å². The van der Waals surface area contributed by atoms with Crippen molar-refractivity contribution in [3.8, 4) is 16.9 Å². The molecule has 1 fully saturated rings. The van der Waals surface area contributed by atoms with E-state index in [4.69, 9.17) is 21.1 Å². The third-order valence-electron chi connectivity index (χ3n) is 5.26. The minimum absolute atomic E-state index is 0.250. The molecule has 3 aromatic rings. The summed E-state index contributed by atoms with van der Waals surface area (Å²) < 4.78 is 5.86. The number of piperazine rings is 1. The van der Waals surface area contributed by atoms with Crippen molar-refractivity contribution in [3.05, 3.63) is 83.4 Å². The van der Waals surface area contributed by atoms with Gasteiger partial charge in [-0.15, -0.1) is 0 Å². The predicted octanol–water partition coefficient (Wildman–Crippen LogP) is 4.11. The van der Waals surface area contributed by atoms with Gasteiger partial charge in [0.1, 0.15) is 5.75 Å². The molecule has 1 saturated heterocycles. The zero-order valence-electron chi connectivity index (χ0n) is 17.9. The average Bonchev–Trinajstić information content (AvgIpc) is 2.82. The summed E-state index contributed by atoms with van der Waals surface area (Å²) in [5.74, 6) is 0.292. The highest BCUT2D eigenvalue weighted by atomic mass is 35.5. The van der Waals surface area contributed by atoms with Crippen LogP contribution in [0, 0.1) is 0 Å². The van der Waals surface area contributed by atoms with Gasteiger partial charge in [-0.3, -0.25) is 9.69 Å². The van der Waals surface area contributed by atoms with Crippen LogP contribution in [-0.4, -0.2) is 49.3 Å². The number of hydrogen-bond donors (Lipinski definition) is 2. The van der Waals surface area contributed by atoms with E-state index >= 15 is 0 Å². The van der Waals surface area contributed by atoms with E-state index in [1.807, 2.05) is 36.4 Å². The summed E-state index contributed by atoms with van der Waals surface area (Å²) in [5, 5.41) is 10.2. The maximum atomic E-state index is 9.44. The van der Waals surface area contributed by atoms with Crippen LogP contribution in [0.25, 0.3) is 11.1 Å². The van der Waals surface area contributed by atoms with Crippen LogP contribution in [0.15, 0.2) is 72.8 Å². The summed E-state index contributed by atoms with van der Waals surface area (Å²) >= 11 is 5.91. The molecule has 1 aliphatic heterocycles. The summed E-state index contributed by atoms with van der Waals surface area (Å²) in [6.45, 7) is 5.21. The molecular formula is C25H28ClN3O3. The molecule has 0 unspecified atom stereocenters. The molecule has 1 heterocycles. The van der Waals surface area contributed by atoms with Gasteiger partial charge >= 0.3 is 0 Å². The van der Waals surface area contributed by atoms with E-state index < -0.39 is 0 Å². The topological polar surface area (TPSA) is 79.0 Å². The Bertz CT molecular complexity index is 955. The molecule has 6 nitrogen and oxygen atoms in total. The minimum atomic E-state index is 0.250. The summed E-state index contributed by atoms with van der Waals surface area (Å²) in [6.07, 6.45) is 0.250. The summed E-state index contributed by atoms with van der Waals surface area (Å²) in [5.41, 5.74) is 8.82. The van der Waals surface area contributed by atoms with Crippen LogP contribution in [0.3, 0.4) is 0 Å². The Morgan fingerprint density at radius 2 is 1.41 bits per heavy atom. The van der Waals surface area contributed by atoms with E-state index in [1.165, 1.54) is 5.69 Å². The van der Waals surface area contributed by atoms with E-state index in [2.05, 4.69) is 39.8 Å². The Kier molecular flexibility index (Phi) is 8.92. The van der Waals surface area contributed by atoms with Crippen molar-refractivity contribution in [2.75, 3.05) is 37.8 Å². The Labute approximate surface area is 193 Å². The van der Waals surface area contributed by atoms with Crippen LogP contribution in [0.4, 0.5) is 5.69 Å². The summed E-state index contributed by atoms with van der Waals surface area (Å²) in [7, 11) is 0. The molecule has 168 valence electrons. The fraction of sp³-hybridized carbons (Fsp3) is 0.240. The maximum absolute atomic E-state index is 9.44. The molecule has 4 rings (SSSR count). The van der Waals surface area contributed by atoms with Gasteiger partial charge in [0.2, 0.25) is 6.41 Å². The average molecular weight is 454 g/mol. The van der Waals surface area contributed by atoms with E-state index in [9.17, 15) is 5.11 Å². The van der Waals surface area contributed by atoms with E-state index in [0.29, 0.717) is 19.1 Å². The lowest BCUT2D eigenvalue weighted by molar-refractivity contribution is -0.106. The van der Waals surface area contributed by atoms with Crippen molar-refractivity contribution in [1.29, 1.82) is 0 Å². The Morgan fingerprint density at radius 3 is 1.97 bits per heavy atom. The van der Waals surface area contributed by atoms with E-state index in [-0.39, 0.29) is 6.41 Å². The first-order valence-corrected chi connectivity index (χ1v) is 10.8. The molecule has 0 aromatic heterocycles. The molecule has 32 heavy (non-hydrogen) atoms. The number of aromatic hydroxyl groups is 1. The monoisotopic (exact) mass is 453 g/mol. The van der Waals surface area contributed by atoms with Crippen molar-refractivity contribution in [2.24, 2.45) is 5.73 Å². The second-order valence-electron chi connectivity index (χ2n) is 7.44. The van der Waals surface area contributed by atoms with Gasteiger partial charge in [-0.2, -0.15) is 0 Å². The number of phenols is 1. The molecule has 0 aliphatic carbocycles. The fourth-order valence-corrected chi connectivity index (χ4v) is 3.65. The molecule has 0 saturated carbocycles. The number of benzene rings is 3. The number of carbonyl (C=O) groups excluding carboxylic acids is 1. The molecule has 0 spiro atoms. The van der Waals surface area contributed by atoms with Gasteiger partial charge < -0.3 is 20.5 Å². The molecule has 3 aromatic carbocycles. The number of phenolic OH excluding ortho intramolecular Hbond substituents is 1. The predicted molar refractivity (Wildman–Crippen MR) is 129 cm³/mol. The van der Waals surface area contributed by atoms with Gasteiger partial charge in [-0.05, 0) is 53.1 Å². The first-order valence-electron chi connectivity index (χ1n) is 10.4. The van der Waals surface area contributed by atoms with Crippen molar-refractivity contribution in [1.82, 2.24) is 4.90 Å². The van der Waals surface area contributed by atoms with Crippen LogP contribution in [0.1, 0.15) is 5.56 Å². The number of ether oxygens (including phenoxy) is 1. The highest BCUT2D eigenvalue weighted by molar-refractivity contribution is 6.30. The third-order valence-corrected chi connectivity index (χ3v) is 5.51. The number of carbonyl (C=O) groups is 1. The fourth-order valence-electron chi connectivity index (χ4n) is 3.53. The highest BCUT2D eigenvalue weighted by Gasteiger charge is 2.17. The van der Waals surface area contributed by atoms with Crippen LogP contribution < -0.4 is 10.6 Å². The van der Waals surface area contributed by atoms with E-state index in [1.54, 1.807) is 12.1 Å². The zero-order chi connectivity index (χ0) is 22.8. The standard InChI is InChI=1S/C24H25ClN2O2.CH3NO/c25-22-7-1-19(2-8-22)17-29-18-26-13-15-27(16-14-26)23-9-3-20(4-10-23)21-5-11-24(28)12-6-21;2-1-3/h1-12,28H,13-18H2;1H,(H2,2,3). The Balaban J connectivity index is 0.000000913. The van der Waals surface area contributed by atoms with Crippen molar-refractivity contribution < 1.29 is 14.6 Å². The number of hydrogen-bond acceptors (Lipinski definition) is 5. The quantitative estimate of drug-likeness (QED) is 0.549. The van der Waals surface area contributed by atoms with Gasteiger partial charge in [0, 0.05) is 36.9 Å². The number of halogens is 1. The summed E-state index contributed by atoms with van der Waals surface area (Å²) in [6, 6.07) is 23.7. The van der Waals surface area contributed by atoms with Gasteiger partial charge in [-0.1, -0.05) is 48.0 Å². The third kappa shape index (κ3) is 6.99. The Hall–Kier alpha value is -3.06. The van der Waals surface area contributed by atoms with Crippen molar-refractivity contribution in [3.63, 3.8) is 0 Å². The van der Waals surface area contributed by atoms with Gasteiger partial charge in [-0.25, -0.2) is 0 Å². The smallest absolute Gasteiger partial charge is 0.204 e. The van der Waals surface area contributed by atoms with Gasteiger partial charge in [0.25, 0.3) is 0 Å². The number of amides is 1. The van der Waals surface area contributed by atoms with Crippen molar-refractivity contribution >= 4 is 23.7 Å². The molecule has 1 aliphatic rings.